The molecule has 168 valence electrons. The van der Waals surface area contributed by atoms with Gasteiger partial charge in [-0.3, -0.25) is 18.6 Å². The normalized spacial score (nSPS) is 11.6. The summed E-state index contributed by atoms with van der Waals surface area (Å²) in [5.74, 6) is 0.595. The van der Waals surface area contributed by atoms with Crippen LogP contribution in [0.3, 0.4) is 0 Å². The Hall–Kier alpha value is -4.53. The minimum absolute atomic E-state index is 0.206. The second-order valence-electron chi connectivity index (χ2n) is 8.20. The first kappa shape index (κ1) is 20.1. The van der Waals surface area contributed by atoms with Crippen molar-refractivity contribution < 1.29 is 4.79 Å². The second kappa shape index (κ2) is 8.11. The smallest absolute Gasteiger partial charge is 0.272 e. The molecule has 0 unspecified atom stereocenters. The fourth-order valence-electron chi connectivity index (χ4n) is 4.45. The predicted octanol–water partition coefficient (Wildman–Crippen LogP) is 2.99. The van der Waals surface area contributed by atoms with Crippen LogP contribution in [0, 0.1) is 0 Å². The molecule has 0 aliphatic carbocycles. The van der Waals surface area contributed by atoms with Crippen LogP contribution in [-0.2, 0) is 20.0 Å². The molecular weight excluding hydrogens is 428 g/mol. The fraction of sp³-hybridized carbons (Fsp3) is 0.160. The summed E-state index contributed by atoms with van der Waals surface area (Å²) in [7, 11) is 1.94. The van der Waals surface area contributed by atoms with E-state index in [9.17, 15) is 4.79 Å². The van der Waals surface area contributed by atoms with Crippen LogP contribution in [0.15, 0.2) is 73.1 Å². The molecular formula is C25H22N8O. The molecule has 4 heterocycles. The number of amides is 1. The van der Waals surface area contributed by atoms with E-state index in [1.165, 1.54) is 0 Å². The summed E-state index contributed by atoms with van der Waals surface area (Å²) in [4.78, 5) is 13.1. The van der Waals surface area contributed by atoms with Gasteiger partial charge in [0.25, 0.3) is 5.91 Å². The molecule has 9 heteroatoms. The van der Waals surface area contributed by atoms with Crippen LogP contribution in [0.5, 0.6) is 0 Å². The molecule has 1 N–H and O–H groups in total. The Labute approximate surface area is 194 Å². The summed E-state index contributed by atoms with van der Waals surface area (Å²) in [6, 6.07) is 19.7. The summed E-state index contributed by atoms with van der Waals surface area (Å²) in [6.45, 7) is 0.973. The van der Waals surface area contributed by atoms with E-state index in [4.69, 9.17) is 5.10 Å². The molecule has 9 nitrogen and oxygen atoms in total. The van der Waals surface area contributed by atoms with Gasteiger partial charge in [0.2, 0.25) is 0 Å². The lowest BCUT2D eigenvalue weighted by molar-refractivity contribution is 0.0949. The number of nitrogens with one attached hydrogen (secondary N) is 1. The molecule has 0 spiro atoms. The maximum atomic E-state index is 13.1. The summed E-state index contributed by atoms with van der Waals surface area (Å²) >= 11 is 0. The standard InChI is InChI=1S/C25H22N8O/c1-31-24-17(15-27-31)7-6-8-18(24)16-33-20-10-3-2-9-19(20)23(30-33)25(34)26-13-12-22-29-28-21-11-4-5-14-32(21)22/h2-11,14-15H,12-13,16H2,1H3,(H,26,34). The minimum Gasteiger partial charge on any atom is -0.350 e. The topological polar surface area (TPSA) is 94.9 Å². The molecule has 1 amide bonds. The number of pyridine rings is 1. The molecule has 0 saturated heterocycles. The molecule has 2 aromatic carbocycles. The van der Waals surface area contributed by atoms with Crippen molar-refractivity contribution in [3.05, 3.63) is 90.1 Å². The van der Waals surface area contributed by atoms with Gasteiger partial charge >= 0.3 is 0 Å². The Morgan fingerprint density at radius 1 is 1.00 bits per heavy atom. The van der Waals surface area contributed by atoms with Crippen LogP contribution in [0.25, 0.3) is 27.5 Å². The van der Waals surface area contributed by atoms with Crippen LogP contribution in [0.4, 0.5) is 0 Å². The van der Waals surface area contributed by atoms with Gasteiger partial charge in [0.15, 0.2) is 11.3 Å². The van der Waals surface area contributed by atoms with E-state index in [-0.39, 0.29) is 5.91 Å². The minimum atomic E-state index is -0.206. The lowest BCUT2D eigenvalue weighted by Crippen LogP contribution is -2.27. The van der Waals surface area contributed by atoms with Gasteiger partial charge in [-0.05, 0) is 23.8 Å². The van der Waals surface area contributed by atoms with Crippen molar-refractivity contribution in [3.8, 4) is 0 Å². The third-order valence-electron chi connectivity index (χ3n) is 6.06. The molecule has 0 aliphatic heterocycles. The first-order valence-corrected chi connectivity index (χ1v) is 11.1. The number of hydrogen-bond donors (Lipinski definition) is 1. The highest BCUT2D eigenvalue weighted by Crippen LogP contribution is 2.23. The number of fused-ring (bicyclic) bond motifs is 3. The number of para-hydroxylation sites is 2. The highest BCUT2D eigenvalue weighted by molar-refractivity contribution is 6.04. The summed E-state index contributed by atoms with van der Waals surface area (Å²) in [5.41, 5.74) is 4.27. The van der Waals surface area contributed by atoms with Crippen LogP contribution < -0.4 is 5.32 Å². The number of aromatic nitrogens is 7. The molecule has 0 fully saturated rings. The van der Waals surface area contributed by atoms with E-state index in [1.807, 2.05) is 87.8 Å². The Morgan fingerprint density at radius 3 is 2.82 bits per heavy atom. The second-order valence-corrected chi connectivity index (χ2v) is 8.20. The summed E-state index contributed by atoms with van der Waals surface area (Å²) in [5, 5.41) is 22.4. The Balaban J connectivity index is 1.26. The van der Waals surface area contributed by atoms with Gasteiger partial charge in [0, 0.05) is 37.0 Å². The van der Waals surface area contributed by atoms with Crippen LogP contribution in [-0.4, -0.2) is 46.6 Å². The molecule has 0 radical (unpaired) electrons. The molecule has 0 bridgehead atoms. The molecule has 0 saturated carbocycles. The zero-order chi connectivity index (χ0) is 23.1. The molecule has 6 aromatic rings. The quantitative estimate of drug-likeness (QED) is 0.421. The molecule has 0 atom stereocenters. The zero-order valence-corrected chi connectivity index (χ0v) is 18.6. The van der Waals surface area contributed by atoms with Gasteiger partial charge < -0.3 is 5.32 Å². The van der Waals surface area contributed by atoms with E-state index in [1.54, 1.807) is 0 Å². The fourth-order valence-corrected chi connectivity index (χ4v) is 4.45. The lowest BCUT2D eigenvalue weighted by Gasteiger charge is -2.07. The average molecular weight is 451 g/mol. The highest BCUT2D eigenvalue weighted by Gasteiger charge is 2.18. The molecule has 0 aliphatic rings. The maximum absolute atomic E-state index is 13.1. The van der Waals surface area contributed by atoms with Crippen molar-refractivity contribution in [2.45, 2.75) is 13.0 Å². The number of nitrogens with zero attached hydrogens (tertiary/aromatic N) is 7. The van der Waals surface area contributed by atoms with Crippen LogP contribution in [0.1, 0.15) is 21.9 Å². The van der Waals surface area contributed by atoms with E-state index in [0.717, 1.165) is 38.8 Å². The van der Waals surface area contributed by atoms with Gasteiger partial charge in [-0.15, -0.1) is 10.2 Å². The van der Waals surface area contributed by atoms with Gasteiger partial charge in [-0.1, -0.05) is 42.5 Å². The van der Waals surface area contributed by atoms with Gasteiger partial charge in [0.05, 0.1) is 23.8 Å². The Bertz CT molecular complexity index is 1660. The number of carbonyl (C=O) groups excluding carboxylic acids is 1. The predicted molar refractivity (Wildman–Crippen MR) is 129 cm³/mol. The third-order valence-corrected chi connectivity index (χ3v) is 6.06. The summed E-state index contributed by atoms with van der Waals surface area (Å²) in [6.07, 6.45) is 4.35. The van der Waals surface area contributed by atoms with Crippen LogP contribution in [0.2, 0.25) is 0 Å². The number of hydrogen-bond acceptors (Lipinski definition) is 5. The highest BCUT2D eigenvalue weighted by atomic mass is 16.1. The van der Waals surface area contributed by atoms with Crippen molar-refractivity contribution in [3.63, 3.8) is 0 Å². The first-order chi connectivity index (χ1) is 16.7. The molecule has 34 heavy (non-hydrogen) atoms. The zero-order valence-electron chi connectivity index (χ0n) is 18.6. The van der Waals surface area contributed by atoms with Crippen molar-refractivity contribution in [1.82, 2.24) is 39.5 Å². The SMILES string of the molecule is Cn1ncc2cccc(Cn3nc(C(=O)NCCc4nnc5ccccn45)c4ccccc43)c21. The third kappa shape index (κ3) is 3.38. The van der Waals surface area contributed by atoms with Gasteiger partial charge in [-0.2, -0.15) is 10.2 Å². The van der Waals surface area contributed by atoms with E-state index >= 15 is 0 Å². The molecule has 4 aromatic heterocycles. The lowest BCUT2D eigenvalue weighted by atomic mass is 10.1. The Kier molecular flexibility index (Phi) is 4.80. The molecule has 6 rings (SSSR count). The van der Waals surface area contributed by atoms with E-state index in [2.05, 4.69) is 26.7 Å². The van der Waals surface area contributed by atoms with Crippen molar-refractivity contribution in [1.29, 1.82) is 0 Å². The first-order valence-electron chi connectivity index (χ1n) is 11.1. The van der Waals surface area contributed by atoms with Crippen molar-refractivity contribution in [2.24, 2.45) is 7.05 Å². The maximum Gasteiger partial charge on any atom is 0.272 e. The average Bonchev–Trinajstić information content (AvgIpc) is 3.56. The monoisotopic (exact) mass is 450 g/mol. The largest absolute Gasteiger partial charge is 0.350 e. The number of aryl methyl sites for hydroxylation is 1. The van der Waals surface area contributed by atoms with Crippen molar-refractivity contribution >= 4 is 33.4 Å². The number of rotatable bonds is 6. The van der Waals surface area contributed by atoms with E-state index in [0.29, 0.717) is 25.2 Å². The van der Waals surface area contributed by atoms with Gasteiger partial charge in [0.1, 0.15) is 5.82 Å². The van der Waals surface area contributed by atoms with Gasteiger partial charge in [-0.25, -0.2) is 0 Å². The van der Waals surface area contributed by atoms with Crippen LogP contribution >= 0.6 is 0 Å². The Morgan fingerprint density at radius 2 is 1.88 bits per heavy atom. The van der Waals surface area contributed by atoms with Crippen molar-refractivity contribution in [2.75, 3.05) is 6.54 Å². The van der Waals surface area contributed by atoms with E-state index < -0.39 is 0 Å². The number of benzene rings is 2. The summed E-state index contributed by atoms with van der Waals surface area (Å²) < 4.78 is 5.69. The number of carbonyl (C=O) groups is 1.